The number of aryl methyl sites for hydroxylation is 2. The fourth-order valence-corrected chi connectivity index (χ4v) is 6.02. The van der Waals surface area contributed by atoms with Crippen LogP contribution in [0.2, 0.25) is 0 Å². The van der Waals surface area contributed by atoms with Gasteiger partial charge in [0, 0.05) is 4.88 Å². The van der Waals surface area contributed by atoms with Crippen molar-refractivity contribution >= 4 is 11.3 Å². The van der Waals surface area contributed by atoms with E-state index >= 15 is 0 Å². The van der Waals surface area contributed by atoms with Crippen LogP contribution in [-0.4, -0.2) is 11.5 Å². The Kier molecular flexibility index (Phi) is 2.96. The number of nitrogens with zero attached hydrogens (tertiary/aromatic N) is 1. The molecule has 3 atom stereocenters. The lowest BCUT2D eigenvalue weighted by atomic mass is 9.81. The maximum atomic E-state index is 5.07. The van der Waals surface area contributed by atoms with Gasteiger partial charge in [-0.1, -0.05) is 13.3 Å². The lowest BCUT2D eigenvalue weighted by Crippen LogP contribution is -2.47. The lowest BCUT2D eigenvalue weighted by Gasteiger charge is -2.37. The monoisotopic (exact) mass is 276 g/mol. The highest BCUT2D eigenvalue weighted by Gasteiger charge is 2.53. The summed E-state index contributed by atoms with van der Waals surface area (Å²) >= 11 is 2.03. The molecule has 3 aliphatic carbocycles. The molecular weight excluding hydrogens is 252 g/mol. The van der Waals surface area contributed by atoms with E-state index in [1.165, 1.54) is 62.1 Å². The number of rotatable bonds is 4. The standard InChI is InChI=1S/C16H24N2S/c1-2-8-17-16(10-11-6-7-12(16)9-11)15-18-13-4-3-5-14(13)19-15/h11-12,17H,2-10H2,1H3. The number of aromatic nitrogens is 1. The molecule has 3 aliphatic rings. The molecule has 2 bridgehead atoms. The minimum Gasteiger partial charge on any atom is -0.305 e. The first-order valence-electron chi connectivity index (χ1n) is 8.06. The molecular formula is C16H24N2S. The third kappa shape index (κ3) is 1.81. The van der Waals surface area contributed by atoms with Gasteiger partial charge in [-0.2, -0.15) is 0 Å². The Morgan fingerprint density at radius 1 is 1.37 bits per heavy atom. The van der Waals surface area contributed by atoms with Crippen molar-refractivity contribution in [2.75, 3.05) is 6.54 Å². The van der Waals surface area contributed by atoms with Crippen molar-refractivity contribution in [3.8, 4) is 0 Å². The van der Waals surface area contributed by atoms with Gasteiger partial charge in [0.25, 0.3) is 0 Å². The summed E-state index contributed by atoms with van der Waals surface area (Å²) in [6, 6.07) is 0. The van der Waals surface area contributed by atoms with E-state index in [-0.39, 0.29) is 5.54 Å². The minimum atomic E-state index is 0.258. The van der Waals surface area contributed by atoms with Gasteiger partial charge in [0.05, 0.1) is 11.2 Å². The predicted molar refractivity (Wildman–Crippen MR) is 79.6 cm³/mol. The predicted octanol–water partition coefficient (Wildman–Crippen LogP) is 3.65. The molecule has 0 radical (unpaired) electrons. The van der Waals surface area contributed by atoms with Gasteiger partial charge in [0.15, 0.2) is 0 Å². The van der Waals surface area contributed by atoms with Crippen LogP contribution in [-0.2, 0) is 18.4 Å². The van der Waals surface area contributed by atoms with Crippen molar-refractivity contribution in [2.24, 2.45) is 11.8 Å². The van der Waals surface area contributed by atoms with Crippen LogP contribution < -0.4 is 5.32 Å². The summed E-state index contributed by atoms with van der Waals surface area (Å²) < 4.78 is 0. The van der Waals surface area contributed by atoms with Gasteiger partial charge in [-0.3, -0.25) is 0 Å². The Bertz CT molecular complexity index is 460. The SMILES string of the molecule is CCCNC1(c2nc3c(s2)CCC3)CC2CCC1C2. The molecule has 0 saturated heterocycles. The molecule has 2 saturated carbocycles. The van der Waals surface area contributed by atoms with Crippen molar-refractivity contribution in [3.63, 3.8) is 0 Å². The maximum absolute atomic E-state index is 5.07. The van der Waals surface area contributed by atoms with Crippen molar-refractivity contribution in [1.82, 2.24) is 10.3 Å². The average Bonchev–Trinajstić information content (AvgIpc) is 3.13. The van der Waals surface area contributed by atoms with E-state index in [9.17, 15) is 0 Å². The molecule has 3 unspecified atom stereocenters. The molecule has 1 aromatic heterocycles. The van der Waals surface area contributed by atoms with Gasteiger partial charge in [-0.05, 0) is 63.3 Å². The number of hydrogen-bond donors (Lipinski definition) is 1. The highest BCUT2D eigenvalue weighted by atomic mass is 32.1. The second-order valence-electron chi connectivity index (χ2n) is 6.72. The van der Waals surface area contributed by atoms with Crippen LogP contribution >= 0.6 is 11.3 Å². The molecule has 104 valence electrons. The number of fused-ring (bicyclic) bond motifs is 3. The number of thiazole rings is 1. The van der Waals surface area contributed by atoms with Crippen LogP contribution in [0.15, 0.2) is 0 Å². The average molecular weight is 276 g/mol. The van der Waals surface area contributed by atoms with Crippen molar-refractivity contribution < 1.29 is 0 Å². The lowest BCUT2D eigenvalue weighted by molar-refractivity contribution is 0.209. The normalized spacial score (nSPS) is 36.1. The second kappa shape index (κ2) is 4.56. The topological polar surface area (TPSA) is 24.9 Å². The third-order valence-electron chi connectivity index (χ3n) is 5.52. The Morgan fingerprint density at radius 2 is 2.32 bits per heavy atom. The maximum Gasteiger partial charge on any atom is 0.114 e. The molecule has 2 nitrogen and oxygen atoms in total. The smallest absolute Gasteiger partial charge is 0.114 e. The molecule has 1 N–H and O–H groups in total. The van der Waals surface area contributed by atoms with Gasteiger partial charge < -0.3 is 5.32 Å². The molecule has 3 heteroatoms. The summed E-state index contributed by atoms with van der Waals surface area (Å²) in [4.78, 5) is 6.67. The quantitative estimate of drug-likeness (QED) is 0.908. The van der Waals surface area contributed by atoms with Crippen molar-refractivity contribution in [1.29, 1.82) is 0 Å². The summed E-state index contributed by atoms with van der Waals surface area (Å²) in [5.41, 5.74) is 1.69. The first-order valence-corrected chi connectivity index (χ1v) is 8.87. The van der Waals surface area contributed by atoms with E-state index < -0.39 is 0 Å². The van der Waals surface area contributed by atoms with E-state index in [1.54, 1.807) is 4.88 Å². The molecule has 0 amide bonds. The third-order valence-corrected chi connectivity index (χ3v) is 6.85. The summed E-state index contributed by atoms with van der Waals surface area (Å²) in [7, 11) is 0. The highest BCUT2D eigenvalue weighted by Crippen LogP contribution is 2.56. The van der Waals surface area contributed by atoms with Gasteiger partial charge in [0.2, 0.25) is 0 Å². The molecule has 0 spiro atoms. The van der Waals surface area contributed by atoms with E-state index in [1.807, 2.05) is 11.3 Å². The largest absolute Gasteiger partial charge is 0.305 e. The van der Waals surface area contributed by atoms with E-state index in [0.29, 0.717) is 0 Å². The number of hydrogen-bond acceptors (Lipinski definition) is 3. The first kappa shape index (κ1) is 12.3. The number of nitrogens with one attached hydrogen (secondary N) is 1. The molecule has 1 aromatic rings. The van der Waals surface area contributed by atoms with Crippen LogP contribution in [0.3, 0.4) is 0 Å². The van der Waals surface area contributed by atoms with Crippen LogP contribution in [0, 0.1) is 11.8 Å². The Balaban J connectivity index is 1.69. The Morgan fingerprint density at radius 3 is 3.00 bits per heavy atom. The van der Waals surface area contributed by atoms with Crippen LogP contribution in [0.5, 0.6) is 0 Å². The summed E-state index contributed by atoms with van der Waals surface area (Å²) in [5, 5.41) is 5.37. The van der Waals surface area contributed by atoms with Crippen molar-refractivity contribution in [2.45, 2.75) is 63.8 Å². The zero-order valence-corrected chi connectivity index (χ0v) is 12.7. The van der Waals surface area contributed by atoms with Gasteiger partial charge >= 0.3 is 0 Å². The fraction of sp³-hybridized carbons (Fsp3) is 0.812. The highest BCUT2D eigenvalue weighted by molar-refractivity contribution is 7.12. The zero-order valence-electron chi connectivity index (χ0n) is 11.9. The molecule has 1 heterocycles. The van der Waals surface area contributed by atoms with Gasteiger partial charge in [-0.25, -0.2) is 4.98 Å². The summed E-state index contributed by atoms with van der Waals surface area (Å²) in [6.07, 6.45) is 10.7. The molecule has 0 aliphatic heterocycles. The van der Waals surface area contributed by atoms with Gasteiger partial charge in [-0.15, -0.1) is 11.3 Å². The minimum absolute atomic E-state index is 0.258. The summed E-state index contributed by atoms with van der Waals surface area (Å²) in [6.45, 7) is 3.42. The first-order chi connectivity index (χ1) is 9.32. The van der Waals surface area contributed by atoms with Crippen LogP contribution in [0.4, 0.5) is 0 Å². The van der Waals surface area contributed by atoms with Crippen molar-refractivity contribution in [3.05, 3.63) is 15.6 Å². The fourth-order valence-electron chi connectivity index (χ4n) is 4.61. The second-order valence-corrected chi connectivity index (χ2v) is 7.80. The Hall–Kier alpha value is -0.410. The summed E-state index contributed by atoms with van der Waals surface area (Å²) in [5.74, 6) is 1.82. The molecule has 2 fully saturated rings. The Labute approximate surface area is 120 Å². The zero-order chi connectivity index (χ0) is 12.9. The molecule has 4 rings (SSSR count). The molecule has 0 aromatic carbocycles. The van der Waals surface area contributed by atoms with Crippen LogP contribution in [0.1, 0.15) is 61.0 Å². The van der Waals surface area contributed by atoms with E-state index in [2.05, 4.69) is 12.2 Å². The van der Waals surface area contributed by atoms with Gasteiger partial charge in [0.1, 0.15) is 5.01 Å². The molecule has 19 heavy (non-hydrogen) atoms. The van der Waals surface area contributed by atoms with E-state index in [4.69, 9.17) is 4.98 Å². The van der Waals surface area contributed by atoms with Crippen LogP contribution in [0.25, 0.3) is 0 Å². The van der Waals surface area contributed by atoms with E-state index in [0.717, 1.165) is 18.4 Å².